The Kier molecular flexibility index (Phi) is 4.22. The van der Waals surface area contributed by atoms with Gasteiger partial charge in [0.25, 0.3) is 0 Å². The Morgan fingerprint density at radius 3 is 2.75 bits per heavy atom. The molecule has 5 heteroatoms. The second kappa shape index (κ2) is 5.94. The third-order valence-corrected chi connectivity index (χ3v) is 5.12. The maximum absolute atomic E-state index is 13.9. The third kappa shape index (κ3) is 3.65. The first-order chi connectivity index (χ1) is 11.2. The Morgan fingerprint density at radius 2 is 2.12 bits per heavy atom. The number of benzene rings is 1. The number of likely N-dealkylation sites (tertiary alicyclic amines) is 1. The molecule has 4 nitrogen and oxygen atoms in total. The first-order valence-electron chi connectivity index (χ1n) is 8.68. The van der Waals surface area contributed by atoms with Gasteiger partial charge in [0.2, 0.25) is 0 Å². The summed E-state index contributed by atoms with van der Waals surface area (Å²) in [5.74, 6) is 0.277. The largest absolute Gasteiger partial charge is 0.444 e. The molecule has 132 valence electrons. The molecule has 24 heavy (non-hydrogen) atoms. The van der Waals surface area contributed by atoms with Gasteiger partial charge >= 0.3 is 6.09 Å². The van der Waals surface area contributed by atoms with Crippen molar-refractivity contribution in [3.05, 3.63) is 29.6 Å². The molecule has 0 atom stereocenters. The van der Waals surface area contributed by atoms with Crippen molar-refractivity contribution in [2.45, 2.75) is 52.1 Å². The zero-order valence-corrected chi connectivity index (χ0v) is 14.8. The van der Waals surface area contributed by atoms with Gasteiger partial charge in [0.15, 0.2) is 0 Å². The fourth-order valence-electron chi connectivity index (χ4n) is 4.10. The number of amides is 1. The summed E-state index contributed by atoms with van der Waals surface area (Å²) in [4.78, 5) is 14.0. The van der Waals surface area contributed by atoms with E-state index in [4.69, 9.17) is 10.5 Å². The lowest BCUT2D eigenvalue weighted by molar-refractivity contribution is 0.0182. The summed E-state index contributed by atoms with van der Waals surface area (Å²) in [6.45, 7) is 7.19. The van der Waals surface area contributed by atoms with E-state index >= 15 is 0 Å². The zero-order valence-electron chi connectivity index (χ0n) is 14.8. The van der Waals surface area contributed by atoms with E-state index in [2.05, 4.69) is 0 Å². The van der Waals surface area contributed by atoms with Crippen molar-refractivity contribution in [1.29, 1.82) is 0 Å². The van der Waals surface area contributed by atoms with Gasteiger partial charge in [-0.05, 0) is 75.5 Å². The molecule has 1 aromatic rings. The van der Waals surface area contributed by atoms with Gasteiger partial charge in [-0.25, -0.2) is 9.18 Å². The summed E-state index contributed by atoms with van der Waals surface area (Å²) in [5.41, 5.74) is 6.56. The smallest absolute Gasteiger partial charge is 0.410 e. The highest BCUT2D eigenvalue weighted by Crippen LogP contribution is 2.53. The van der Waals surface area contributed by atoms with Crippen LogP contribution in [0.4, 0.5) is 14.9 Å². The summed E-state index contributed by atoms with van der Waals surface area (Å²) < 4.78 is 19.4. The van der Waals surface area contributed by atoms with Crippen LogP contribution >= 0.6 is 0 Å². The molecule has 0 bridgehead atoms. The molecule has 1 aliphatic heterocycles. The summed E-state index contributed by atoms with van der Waals surface area (Å²) in [5, 5.41) is 0. The SMILES string of the molecule is CC(C)(C)OC(=O)N1CCC2(CC(Cc3ccc(N)cc3F)C2)C1. The van der Waals surface area contributed by atoms with Crippen LogP contribution in [0.3, 0.4) is 0 Å². The van der Waals surface area contributed by atoms with Gasteiger partial charge in [0, 0.05) is 18.8 Å². The number of hydrogen-bond donors (Lipinski definition) is 1. The number of rotatable bonds is 2. The molecule has 0 radical (unpaired) electrons. The lowest BCUT2D eigenvalue weighted by Gasteiger charge is -2.45. The number of halogens is 1. The minimum Gasteiger partial charge on any atom is -0.444 e. The molecule has 0 aromatic heterocycles. The van der Waals surface area contributed by atoms with Crippen molar-refractivity contribution in [2.24, 2.45) is 11.3 Å². The summed E-state index contributed by atoms with van der Waals surface area (Å²) in [6.07, 6.45) is 3.66. The number of hydrogen-bond acceptors (Lipinski definition) is 3. The minimum atomic E-state index is -0.457. The van der Waals surface area contributed by atoms with E-state index in [1.165, 1.54) is 6.07 Å². The van der Waals surface area contributed by atoms with Gasteiger partial charge in [-0.2, -0.15) is 0 Å². The summed E-state index contributed by atoms with van der Waals surface area (Å²) in [7, 11) is 0. The predicted molar refractivity (Wildman–Crippen MR) is 92.1 cm³/mol. The Balaban J connectivity index is 1.52. The Hall–Kier alpha value is -1.78. The van der Waals surface area contributed by atoms with E-state index in [0.29, 0.717) is 11.6 Å². The standard InChI is InChI=1S/C19H27FN2O2/c1-18(2,3)24-17(23)22-7-6-19(12-22)10-13(11-19)8-14-4-5-15(21)9-16(14)20/h4-5,9,13H,6-8,10-12,21H2,1-3H3. The maximum atomic E-state index is 13.9. The topological polar surface area (TPSA) is 55.6 Å². The normalized spacial score (nSPS) is 26.5. The lowest BCUT2D eigenvalue weighted by Crippen LogP contribution is -2.42. The van der Waals surface area contributed by atoms with Crippen LogP contribution in [0.2, 0.25) is 0 Å². The Morgan fingerprint density at radius 1 is 1.42 bits per heavy atom. The fraction of sp³-hybridized carbons (Fsp3) is 0.632. The second-order valence-electron chi connectivity index (χ2n) is 8.48. The van der Waals surface area contributed by atoms with Gasteiger partial charge in [-0.3, -0.25) is 0 Å². The average Bonchev–Trinajstić information content (AvgIpc) is 2.84. The summed E-state index contributed by atoms with van der Waals surface area (Å²) in [6, 6.07) is 4.94. The van der Waals surface area contributed by atoms with Crippen LogP contribution in [0, 0.1) is 17.2 Å². The zero-order chi connectivity index (χ0) is 17.5. The molecule has 1 aliphatic carbocycles. The Bertz CT molecular complexity index is 633. The number of anilines is 1. The minimum absolute atomic E-state index is 0.210. The van der Waals surface area contributed by atoms with E-state index in [0.717, 1.165) is 44.3 Å². The van der Waals surface area contributed by atoms with Gasteiger partial charge in [-0.15, -0.1) is 0 Å². The molecule has 1 spiro atoms. The van der Waals surface area contributed by atoms with Crippen molar-refractivity contribution < 1.29 is 13.9 Å². The van der Waals surface area contributed by atoms with Crippen LogP contribution in [0.15, 0.2) is 18.2 Å². The molecule has 1 aromatic carbocycles. The van der Waals surface area contributed by atoms with Crippen molar-refractivity contribution in [2.75, 3.05) is 18.8 Å². The van der Waals surface area contributed by atoms with Gasteiger partial charge in [0.1, 0.15) is 11.4 Å². The molecular formula is C19H27FN2O2. The number of carbonyl (C=O) groups is 1. The second-order valence-corrected chi connectivity index (χ2v) is 8.48. The number of carbonyl (C=O) groups excluding carboxylic acids is 1. The molecule has 2 aliphatic rings. The third-order valence-electron chi connectivity index (χ3n) is 5.12. The van der Waals surface area contributed by atoms with Crippen molar-refractivity contribution in [1.82, 2.24) is 4.90 Å². The maximum Gasteiger partial charge on any atom is 0.410 e. The molecule has 0 unspecified atom stereocenters. The van der Waals surface area contributed by atoms with Crippen LogP contribution in [0.25, 0.3) is 0 Å². The van der Waals surface area contributed by atoms with E-state index in [1.54, 1.807) is 12.1 Å². The molecule has 1 saturated heterocycles. The van der Waals surface area contributed by atoms with E-state index in [1.807, 2.05) is 25.7 Å². The number of nitrogens with two attached hydrogens (primary N) is 1. The number of nitrogens with zero attached hydrogens (tertiary/aromatic N) is 1. The van der Waals surface area contributed by atoms with E-state index in [-0.39, 0.29) is 17.3 Å². The highest BCUT2D eigenvalue weighted by molar-refractivity contribution is 5.68. The average molecular weight is 334 g/mol. The first kappa shape index (κ1) is 17.1. The van der Waals surface area contributed by atoms with Crippen molar-refractivity contribution in [3.8, 4) is 0 Å². The van der Waals surface area contributed by atoms with Crippen LogP contribution in [-0.4, -0.2) is 29.7 Å². The molecule has 1 heterocycles. The van der Waals surface area contributed by atoms with Gasteiger partial charge in [-0.1, -0.05) is 6.07 Å². The van der Waals surface area contributed by atoms with Crippen LogP contribution in [0.1, 0.15) is 45.6 Å². The predicted octanol–water partition coefficient (Wildman–Crippen LogP) is 3.99. The molecule has 1 amide bonds. The van der Waals surface area contributed by atoms with Crippen LogP contribution < -0.4 is 5.73 Å². The molecular weight excluding hydrogens is 307 g/mol. The Labute approximate surface area is 143 Å². The van der Waals surface area contributed by atoms with Crippen molar-refractivity contribution >= 4 is 11.8 Å². The van der Waals surface area contributed by atoms with E-state index < -0.39 is 5.60 Å². The van der Waals surface area contributed by atoms with Gasteiger partial charge in [0.05, 0.1) is 0 Å². The fourth-order valence-corrected chi connectivity index (χ4v) is 4.10. The summed E-state index contributed by atoms with van der Waals surface area (Å²) >= 11 is 0. The molecule has 1 saturated carbocycles. The number of nitrogen functional groups attached to an aromatic ring is 1. The van der Waals surface area contributed by atoms with Gasteiger partial charge < -0.3 is 15.4 Å². The van der Waals surface area contributed by atoms with Crippen LogP contribution in [-0.2, 0) is 11.2 Å². The highest BCUT2D eigenvalue weighted by atomic mass is 19.1. The molecule has 2 fully saturated rings. The number of ether oxygens (including phenoxy) is 1. The van der Waals surface area contributed by atoms with E-state index in [9.17, 15) is 9.18 Å². The molecule has 2 N–H and O–H groups in total. The monoisotopic (exact) mass is 334 g/mol. The van der Waals surface area contributed by atoms with Crippen LogP contribution in [0.5, 0.6) is 0 Å². The quantitative estimate of drug-likeness (QED) is 0.832. The van der Waals surface area contributed by atoms with Crippen molar-refractivity contribution in [3.63, 3.8) is 0 Å². The highest BCUT2D eigenvalue weighted by Gasteiger charge is 2.49. The molecule has 3 rings (SSSR count). The lowest BCUT2D eigenvalue weighted by atomic mass is 9.60. The first-order valence-corrected chi connectivity index (χ1v) is 8.68.